The fourth-order valence-corrected chi connectivity index (χ4v) is 1.38. The van der Waals surface area contributed by atoms with Crippen molar-refractivity contribution in [2.75, 3.05) is 14.2 Å². The summed E-state index contributed by atoms with van der Waals surface area (Å²) < 4.78 is 4.25. The van der Waals surface area contributed by atoms with Crippen LogP contribution in [0.4, 0.5) is 0 Å². The van der Waals surface area contributed by atoms with Gasteiger partial charge in [0.25, 0.3) is 0 Å². The number of hydrogen-bond donors (Lipinski definition) is 0. The molecular weight excluding hydrogens is 194 g/mol. The molecule has 1 aliphatic heterocycles. The maximum atomic E-state index is 11.2. The molecular formula is C11H13NO3. The molecule has 0 amide bonds. The highest BCUT2D eigenvalue weighted by molar-refractivity contribution is 6.23. The van der Waals surface area contributed by atoms with Crippen molar-refractivity contribution < 1.29 is 14.3 Å². The van der Waals surface area contributed by atoms with E-state index in [1.54, 1.807) is 14.2 Å². The fraction of sp³-hybridized carbons (Fsp3) is 0.364. The average Bonchev–Trinajstić information content (AvgIpc) is 2.56. The van der Waals surface area contributed by atoms with Gasteiger partial charge in [-0.15, -0.1) is 0 Å². The molecule has 15 heavy (non-hydrogen) atoms. The van der Waals surface area contributed by atoms with Crippen LogP contribution in [0.1, 0.15) is 13.3 Å². The molecule has 0 saturated carbocycles. The van der Waals surface area contributed by atoms with Crippen LogP contribution in [0.2, 0.25) is 0 Å². The Bertz CT molecular complexity index is 389. The van der Waals surface area contributed by atoms with Gasteiger partial charge in [-0.05, 0) is 19.1 Å². The molecule has 2 rings (SSSR count). The second-order valence-electron chi connectivity index (χ2n) is 3.32. The summed E-state index contributed by atoms with van der Waals surface area (Å²) in [5.74, 6) is -0.230. The van der Waals surface area contributed by atoms with Crippen molar-refractivity contribution in [1.82, 2.24) is 0 Å². The lowest BCUT2D eigenvalue weighted by Crippen LogP contribution is -2.10. The molecule has 0 atom stereocenters. The Morgan fingerprint density at radius 3 is 2.27 bits per heavy atom. The van der Waals surface area contributed by atoms with E-state index in [9.17, 15) is 9.59 Å². The standard InChI is InChI=1S/C9H7NO2.C2H6O/c1-5-4-6-7(11)2-3-8(12)9(6)10-5;1-3-2/h2-3H,4H2,1H3;1-2H3. The zero-order valence-electron chi connectivity index (χ0n) is 9.03. The summed E-state index contributed by atoms with van der Waals surface area (Å²) in [7, 11) is 3.25. The summed E-state index contributed by atoms with van der Waals surface area (Å²) in [6.07, 6.45) is 3.13. The lowest BCUT2D eigenvalue weighted by Gasteiger charge is -2.02. The molecule has 0 radical (unpaired) electrons. The summed E-state index contributed by atoms with van der Waals surface area (Å²) in [6, 6.07) is 0. The van der Waals surface area contributed by atoms with Crippen molar-refractivity contribution in [1.29, 1.82) is 0 Å². The van der Waals surface area contributed by atoms with Gasteiger partial charge in [-0.2, -0.15) is 0 Å². The first-order chi connectivity index (χ1) is 7.10. The van der Waals surface area contributed by atoms with E-state index in [0.717, 1.165) is 5.71 Å². The molecule has 80 valence electrons. The maximum absolute atomic E-state index is 11.2. The topological polar surface area (TPSA) is 55.7 Å². The third-order valence-corrected chi connectivity index (χ3v) is 1.94. The SMILES string of the molecule is CC1=NC2=C(C1)C(=O)C=CC2=O.COC. The van der Waals surface area contributed by atoms with Gasteiger partial charge >= 0.3 is 0 Å². The zero-order chi connectivity index (χ0) is 11.4. The summed E-state index contributed by atoms with van der Waals surface area (Å²) in [4.78, 5) is 26.4. The highest BCUT2D eigenvalue weighted by Crippen LogP contribution is 2.24. The van der Waals surface area contributed by atoms with Gasteiger partial charge in [0.1, 0.15) is 5.70 Å². The molecule has 1 aliphatic carbocycles. The molecule has 4 nitrogen and oxygen atoms in total. The second kappa shape index (κ2) is 4.79. The Morgan fingerprint density at radius 1 is 1.20 bits per heavy atom. The molecule has 0 aromatic rings. The van der Waals surface area contributed by atoms with Crippen LogP contribution < -0.4 is 0 Å². The molecule has 0 unspecified atom stereocenters. The number of rotatable bonds is 0. The van der Waals surface area contributed by atoms with E-state index in [4.69, 9.17) is 0 Å². The average molecular weight is 207 g/mol. The van der Waals surface area contributed by atoms with Crippen LogP contribution in [-0.2, 0) is 14.3 Å². The molecule has 0 bridgehead atoms. The van der Waals surface area contributed by atoms with Gasteiger partial charge in [-0.25, -0.2) is 0 Å². The number of aliphatic imine (C=N–C) groups is 1. The first-order valence-corrected chi connectivity index (χ1v) is 4.54. The van der Waals surface area contributed by atoms with Gasteiger partial charge in [0, 0.05) is 31.9 Å². The first kappa shape index (κ1) is 11.5. The van der Waals surface area contributed by atoms with Crippen LogP contribution in [0, 0.1) is 0 Å². The van der Waals surface area contributed by atoms with Crippen molar-refractivity contribution in [3.05, 3.63) is 23.4 Å². The van der Waals surface area contributed by atoms with E-state index < -0.39 is 0 Å². The normalized spacial score (nSPS) is 18.5. The number of nitrogens with zero attached hydrogens (tertiary/aromatic N) is 1. The van der Waals surface area contributed by atoms with Crippen LogP contribution in [0.5, 0.6) is 0 Å². The van der Waals surface area contributed by atoms with E-state index in [1.165, 1.54) is 12.2 Å². The first-order valence-electron chi connectivity index (χ1n) is 4.54. The van der Waals surface area contributed by atoms with Gasteiger partial charge in [0.15, 0.2) is 5.78 Å². The summed E-state index contributed by atoms with van der Waals surface area (Å²) in [6.45, 7) is 1.82. The van der Waals surface area contributed by atoms with E-state index in [0.29, 0.717) is 17.7 Å². The second-order valence-corrected chi connectivity index (χ2v) is 3.32. The van der Waals surface area contributed by atoms with Crippen LogP contribution in [0.15, 0.2) is 28.4 Å². The Hall–Kier alpha value is -1.55. The number of methoxy groups -OCH3 is 1. The van der Waals surface area contributed by atoms with Crippen LogP contribution in [0.25, 0.3) is 0 Å². The molecule has 1 heterocycles. The summed E-state index contributed by atoms with van der Waals surface area (Å²) in [5, 5.41) is 0. The number of carbonyl (C=O) groups excluding carboxylic acids is 2. The van der Waals surface area contributed by atoms with Crippen molar-refractivity contribution in [2.45, 2.75) is 13.3 Å². The van der Waals surface area contributed by atoms with E-state index in [-0.39, 0.29) is 11.6 Å². The molecule has 2 aliphatic rings. The Morgan fingerprint density at radius 2 is 1.73 bits per heavy atom. The van der Waals surface area contributed by atoms with Crippen molar-refractivity contribution in [2.24, 2.45) is 4.99 Å². The molecule has 0 saturated heterocycles. The number of ether oxygens (including phenoxy) is 1. The van der Waals surface area contributed by atoms with E-state index >= 15 is 0 Å². The van der Waals surface area contributed by atoms with Gasteiger partial charge in [0.2, 0.25) is 5.78 Å². The predicted octanol–water partition coefficient (Wildman–Crippen LogP) is 1.08. The van der Waals surface area contributed by atoms with Gasteiger partial charge in [-0.1, -0.05) is 0 Å². The maximum Gasteiger partial charge on any atom is 0.204 e. The van der Waals surface area contributed by atoms with Crippen LogP contribution >= 0.6 is 0 Å². The lowest BCUT2D eigenvalue weighted by atomic mass is 9.99. The van der Waals surface area contributed by atoms with E-state index in [2.05, 4.69) is 9.73 Å². The lowest BCUT2D eigenvalue weighted by molar-refractivity contribution is -0.115. The summed E-state index contributed by atoms with van der Waals surface area (Å²) in [5.41, 5.74) is 1.74. The molecule has 4 heteroatoms. The zero-order valence-corrected chi connectivity index (χ0v) is 9.03. The van der Waals surface area contributed by atoms with Gasteiger partial charge < -0.3 is 4.74 Å². The molecule has 0 spiro atoms. The van der Waals surface area contributed by atoms with Gasteiger partial charge in [-0.3, -0.25) is 14.6 Å². The Labute approximate surface area is 88.3 Å². The molecule has 0 aromatic carbocycles. The van der Waals surface area contributed by atoms with Crippen molar-refractivity contribution >= 4 is 17.3 Å². The summed E-state index contributed by atoms with van der Waals surface area (Å²) >= 11 is 0. The largest absolute Gasteiger partial charge is 0.388 e. The predicted molar refractivity (Wildman–Crippen MR) is 56.8 cm³/mol. The molecule has 0 fully saturated rings. The number of ketones is 2. The highest BCUT2D eigenvalue weighted by Gasteiger charge is 2.26. The Kier molecular flexibility index (Phi) is 3.68. The third-order valence-electron chi connectivity index (χ3n) is 1.94. The quantitative estimate of drug-likeness (QED) is 0.558. The monoisotopic (exact) mass is 207 g/mol. The van der Waals surface area contributed by atoms with Crippen LogP contribution in [0.3, 0.4) is 0 Å². The molecule has 0 N–H and O–H groups in total. The molecule has 0 aromatic heterocycles. The number of hydrogen-bond acceptors (Lipinski definition) is 4. The van der Waals surface area contributed by atoms with Crippen LogP contribution in [-0.4, -0.2) is 31.5 Å². The fourth-order valence-electron chi connectivity index (χ4n) is 1.38. The van der Waals surface area contributed by atoms with E-state index in [1.807, 2.05) is 6.92 Å². The highest BCUT2D eigenvalue weighted by atomic mass is 16.4. The minimum atomic E-state index is -0.151. The minimum absolute atomic E-state index is 0.0785. The minimum Gasteiger partial charge on any atom is -0.388 e. The van der Waals surface area contributed by atoms with Gasteiger partial charge in [0.05, 0.1) is 0 Å². The van der Waals surface area contributed by atoms with Crippen molar-refractivity contribution in [3.8, 4) is 0 Å². The Balaban J connectivity index is 0.000000337. The smallest absolute Gasteiger partial charge is 0.204 e. The van der Waals surface area contributed by atoms with Crippen molar-refractivity contribution in [3.63, 3.8) is 0 Å². The third kappa shape index (κ3) is 2.47. The number of carbonyl (C=O) groups is 2. The number of allylic oxidation sites excluding steroid dienone is 3.